The molecule has 0 aliphatic heterocycles. The summed E-state index contributed by atoms with van der Waals surface area (Å²) >= 11 is 0. The van der Waals surface area contributed by atoms with Gasteiger partial charge in [0.1, 0.15) is 5.82 Å². The molecule has 0 radical (unpaired) electrons. The Balaban J connectivity index is 1.95. The molecule has 2 rings (SSSR count). The third kappa shape index (κ3) is 4.57. The van der Waals surface area contributed by atoms with Gasteiger partial charge >= 0.3 is 0 Å². The van der Waals surface area contributed by atoms with Gasteiger partial charge in [-0.1, -0.05) is 31.1 Å². The molecular formula is C17H21FN2O. The molecule has 3 N–H and O–H groups in total. The summed E-state index contributed by atoms with van der Waals surface area (Å²) in [5.41, 5.74) is 5.87. The second-order valence-corrected chi connectivity index (χ2v) is 5.41. The van der Waals surface area contributed by atoms with Gasteiger partial charge in [0.2, 0.25) is 0 Å². The van der Waals surface area contributed by atoms with E-state index in [2.05, 4.69) is 17.2 Å². The van der Waals surface area contributed by atoms with Crippen molar-refractivity contribution in [2.24, 2.45) is 11.7 Å². The Bertz CT molecular complexity index is 554. The molecule has 0 spiro atoms. The molecule has 21 heavy (non-hydrogen) atoms. The highest BCUT2D eigenvalue weighted by atomic mass is 19.1. The van der Waals surface area contributed by atoms with Crippen LogP contribution in [0.3, 0.4) is 0 Å². The predicted molar refractivity (Wildman–Crippen MR) is 81.2 cm³/mol. The average Bonchev–Trinajstić information content (AvgIpc) is 2.51. The monoisotopic (exact) mass is 288 g/mol. The van der Waals surface area contributed by atoms with Gasteiger partial charge in [0.25, 0.3) is 5.91 Å². The maximum atomic E-state index is 13.9. The Labute approximate surface area is 125 Å². The van der Waals surface area contributed by atoms with Crippen molar-refractivity contribution < 1.29 is 9.18 Å². The maximum absolute atomic E-state index is 13.9. The first-order chi connectivity index (χ1) is 10.2. The van der Waals surface area contributed by atoms with Gasteiger partial charge in [-0.2, -0.15) is 0 Å². The summed E-state index contributed by atoms with van der Waals surface area (Å²) in [5.74, 6) is 5.04. The second kappa shape index (κ2) is 7.80. The first-order valence-corrected chi connectivity index (χ1v) is 7.47. The van der Waals surface area contributed by atoms with E-state index in [1.165, 1.54) is 31.4 Å². The molecular weight excluding hydrogens is 267 g/mol. The standard InChI is InChI=1S/C17H21FN2O/c18-16-11-13(7-4-10-19)8-9-15(16)17(21)20-12-14-5-2-1-3-6-14/h8-9,11,14H,1-3,5-6,10,12,19H2,(H,20,21). The van der Waals surface area contributed by atoms with Crippen LogP contribution in [-0.4, -0.2) is 19.0 Å². The minimum atomic E-state index is -0.542. The summed E-state index contributed by atoms with van der Waals surface area (Å²) in [7, 11) is 0. The number of carbonyl (C=O) groups is 1. The van der Waals surface area contributed by atoms with Gasteiger partial charge in [-0.3, -0.25) is 4.79 Å². The molecule has 112 valence electrons. The quantitative estimate of drug-likeness (QED) is 0.839. The number of amides is 1. The van der Waals surface area contributed by atoms with E-state index >= 15 is 0 Å². The van der Waals surface area contributed by atoms with E-state index in [9.17, 15) is 9.18 Å². The minimum Gasteiger partial charge on any atom is -0.352 e. The van der Waals surface area contributed by atoms with Crippen LogP contribution in [0.4, 0.5) is 4.39 Å². The van der Waals surface area contributed by atoms with Crippen molar-refractivity contribution in [1.82, 2.24) is 5.32 Å². The van der Waals surface area contributed by atoms with Crippen molar-refractivity contribution in [3.05, 3.63) is 35.1 Å². The van der Waals surface area contributed by atoms with Crippen LogP contribution >= 0.6 is 0 Å². The number of hydrogen-bond acceptors (Lipinski definition) is 2. The summed E-state index contributed by atoms with van der Waals surface area (Å²) in [5, 5.41) is 2.84. The number of benzene rings is 1. The van der Waals surface area contributed by atoms with Gasteiger partial charge in [0.15, 0.2) is 0 Å². The lowest BCUT2D eigenvalue weighted by molar-refractivity contribution is 0.0939. The summed E-state index contributed by atoms with van der Waals surface area (Å²) in [4.78, 5) is 12.0. The SMILES string of the molecule is NCC#Cc1ccc(C(=O)NCC2CCCCC2)c(F)c1. The van der Waals surface area contributed by atoms with Crippen molar-refractivity contribution >= 4 is 5.91 Å². The van der Waals surface area contributed by atoms with Crippen LogP contribution in [0.2, 0.25) is 0 Å². The molecule has 3 nitrogen and oxygen atoms in total. The van der Waals surface area contributed by atoms with E-state index in [1.807, 2.05) is 0 Å². The molecule has 1 aromatic rings. The number of hydrogen-bond donors (Lipinski definition) is 2. The molecule has 0 saturated heterocycles. The van der Waals surface area contributed by atoms with Gasteiger partial charge in [-0.05, 0) is 37.0 Å². The largest absolute Gasteiger partial charge is 0.352 e. The van der Waals surface area contributed by atoms with E-state index in [-0.39, 0.29) is 18.0 Å². The van der Waals surface area contributed by atoms with Crippen LogP contribution in [0.15, 0.2) is 18.2 Å². The average molecular weight is 288 g/mol. The minimum absolute atomic E-state index is 0.0732. The number of rotatable bonds is 3. The van der Waals surface area contributed by atoms with Crippen molar-refractivity contribution in [2.45, 2.75) is 32.1 Å². The van der Waals surface area contributed by atoms with E-state index < -0.39 is 5.82 Å². The Hall–Kier alpha value is -1.86. The summed E-state index contributed by atoms with van der Waals surface area (Å²) in [6.45, 7) is 0.859. The molecule has 1 fully saturated rings. The van der Waals surface area contributed by atoms with Crippen molar-refractivity contribution in [1.29, 1.82) is 0 Å². The van der Waals surface area contributed by atoms with E-state index in [4.69, 9.17) is 5.73 Å². The van der Waals surface area contributed by atoms with Crippen LogP contribution in [0, 0.1) is 23.6 Å². The zero-order valence-electron chi connectivity index (χ0n) is 12.1. The van der Waals surface area contributed by atoms with E-state index in [0.717, 1.165) is 12.8 Å². The zero-order valence-corrected chi connectivity index (χ0v) is 12.1. The molecule has 0 heterocycles. The number of nitrogens with two attached hydrogens (primary N) is 1. The van der Waals surface area contributed by atoms with Crippen LogP contribution in [0.5, 0.6) is 0 Å². The molecule has 1 aliphatic rings. The highest BCUT2D eigenvalue weighted by Gasteiger charge is 2.16. The normalized spacial score (nSPS) is 15.1. The smallest absolute Gasteiger partial charge is 0.254 e. The van der Waals surface area contributed by atoms with E-state index in [1.54, 1.807) is 6.07 Å². The fraction of sp³-hybridized carbons (Fsp3) is 0.471. The van der Waals surface area contributed by atoms with Crippen molar-refractivity contribution in [3.63, 3.8) is 0 Å². The van der Waals surface area contributed by atoms with Crippen LogP contribution in [0.1, 0.15) is 48.0 Å². The van der Waals surface area contributed by atoms with Gasteiger partial charge < -0.3 is 11.1 Å². The first-order valence-electron chi connectivity index (χ1n) is 7.47. The zero-order chi connectivity index (χ0) is 15.1. The highest BCUT2D eigenvalue weighted by Crippen LogP contribution is 2.22. The second-order valence-electron chi connectivity index (χ2n) is 5.41. The highest BCUT2D eigenvalue weighted by molar-refractivity contribution is 5.94. The predicted octanol–water partition coefficient (Wildman–Crippen LogP) is 2.45. The number of halogens is 1. The Morgan fingerprint density at radius 2 is 2.10 bits per heavy atom. The first kappa shape index (κ1) is 15.5. The van der Waals surface area contributed by atoms with Gasteiger partial charge in [-0.15, -0.1) is 0 Å². The number of carbonyl (C=O) groups excluding carboxylic acids is 1. The lowest BCUT2D eigenvalue weighted by Crippen LogP contribution is -2.30. The molecule has 0 bridgehead atoms. The Morgan fingerprint density at radius 1 is 1.33 bits per heavy atom. The molecule has 4 heteroatoms. The fourth-order valence-electron chi connectivity index (χ4n) is 2.65. The lowest BCUT2D eigenvalue weighted by atomic mass is 9.89. The third-order valence-corrected chi connectivity index (χ3v) is 3.82. The van der Waals surface area contributed by atoms with Gasteiger partial charge in [0, 0.05) is 12.1 Å². The Kier molecular flexibility index (Phi) is 5.77. The summed E-state index contributed by atoms with van der Waals surface area (Å²) in [6, 6.07) is 4.39. The third-order valence-electron chi connectivity index (χ3n) is 3.82. The maximum Gasteiger partial charge on any atom is 0.254 e. The van der Waals surface area contributed by atoms with Crippen molar-refractivity contribution in [3.8, 4) is 11.8 Å². The molecule has 1 aromatic carbocycles. The lowest BCUT2D eigenvalue weighted by Gasteiger charge is -2.21. The molecule has 0 aromatic heterocycles. The fourth-order valence-corrected chi connectivity index (χ4v) is 2.65. The van der Waals surface area contributed by atoms with E-state index in [0.29, 0.717) is 18.0 Å². The molecule has 0 atom stereocenters. The Morgan fingerprint density at radius 3 is 2.76 bits per heavy atom. The topological polar surface area (TPSA) is 55.1 Å². The molecule has 1 saturated carbocycles. The van der Waals surface area contributed by atoms with Gasteiger partial charge in [0.05, 0.1) is 12.1 Å². The molecule has 0 unspecified atom stereocenters. The molecule has 1 amide bonds. The van der Waals surface area contributed by atoms with Crippen molar-refractivity contribution in [2.75, 3.05) is 13.1 Å². The summed E-state index contributed by atoms with van der Waals surface area (Å²) < 4.78 is 13.9. The van der Waals surface area contributed by atoms with Crippen LogP contribution < -0.4 is 11.1 Å². The summed E-state index contributed by atoms with van der Waals surface area (Å²) in [6.07, 6.45) is 6.03. The van der Waals surface area contributed by atoms with Crippen LogP contribution in [0.25, 0.3) is 0 Å². The molecule has 1 aliphatic carbocycles. The number of nitrogens with one attached hydrogen (secondary N) is 1. The van der Waals surface area contributed by atoms with Crippen LogP contribution in [-0.2, 0) is 0 Å². The van der Waals surface area contributed by atoms with Gasteiger partial charge in [-0.25, -0.2) is 4.39 Å².